The first-order chi connectivity index (χ1) is 6.74. The monoisotopic (exact) mass is 214 g/mol. The molecule has 0 atom stereocenters. The zero-order valence-corrected chi connectivity index (χ0v) is 8.10. The Labute approximate surface area is 85.6 Å². The van der Waals surface area contributed by atoms with E-state index in [1.807, 2.05) is 0 Å². The predicted octanol–water partition coefficient (Wildman–Crippen LogP) is 2.62. The van der Waals surface area contributed by atoms with Gasteiger partial charge < -0.3 is 4.74 Å². The van der Waals surface area contributed by atoms with Gasteiger partial charge in [-0.2, -0.15) is 0 Å². The molecule has 1 heterocycles. The summed E-state index contributed by atoms with van der Waals surface area (Å²) in [6.45, 7) is 0.591. The van der Waals surface area contributed by atoms with E-state index in [9.17, 15) is 9.18 Å². The van der Waals surface area contributed by atoms with Crippen molar-refractivity contribution in [2.75, 3.05) is 6.61 Å². The van der Waals surface area contributed by atoms with Gasteiger partial charge in [0.2, 0.25) is 0 Å². The van der Waals surface area contributed by atoms with Gasteiger partial charge in [-0.25, -0.2) is 4.39 Å². The molecular formula is C10H8ClFO2. The predicted molar refractivity (Wildman–Crippen MR) is 50.6 cm³/mol. The van der Waals surface area contributed by atoms with Crippen LogP contribution in [0.1, 0.15) is 22.3 Å². The molecule has 0 radical (unpaired) electrons. The molecule has 4 heteroatoms. The Hall–Kier alpha value is -1.09. The van der Waals surface area contributed by atoms with Crippen molar-refractivity contribution in [3.8, 4) is 5.75 Å². The first-order valence-corrected chi connectivity index (χ1v) is 4.70. The van der Waals surface area contributed by atoms with Crippen molar-refractivity contribution in [3.63, 3.8) is 0 Å². The fourth-order valence-corrected chi connectivity index (χ4v) is 1.80. The molecule has 14 heavy (non-hydrogen) atoms. The van der Waals surface area contributed by atoms with E-state index in [0.29, 0.717) is 30.6 Å². The van der Waals surface area contributed by atoms with E-state index in [4.69, 9.17) is 16.3 Å². The summed E-state index contributed by atoms with van der Waals surface area (Å²) in [6.07, 6.45) is 1.96. The number of rotatable bonds is 1. The van der Waals surface area contributed by atoms with E-state index in [0.717, 1.165) is 6.42 Å². The third kappa shape index (κ3) is 1.38. The van der Waals surface area contributed by atoms with Crippen LogP contribution in [0, 0.1) is 5.82 Å². The zero-order chi connectivity index (χ0) is 10.1. The van der Waals surface area contributed by atoms with Gasteiger partial charge in [-0.3, -0.25) is 4.79 Å². The number of fused-ring (bicyclic) bond motifs is 1. The highest BCUT2D eigenvalue weighted by Crippen LogP contribution is 2.33. The van der Waals surface area contributed by atoms with Gasteiger partial charge in [0.25, 0.3) is 0 Å². The number of benzene rings is 1. The average molecular weight is 215 g/mol. The highest BCUT2D eigenvalue weighted by molar-refractivity contribution is 6.31. The minimum atomic E-state index is -0.647. The summed E-state index contributed by atoms with van der Waals surface area (Å²) in [5, 5.41) is -0.0623. The summed E-state index contributed by atoms with van der Waals surface area (Å²) in [4.78, 5) is 10.7. The van der Waals surface area contributed by atoms with Crippen molar-refractivity contribution >= 4 is 17.9 Å². The normalized spacial score (nSPS) is 14.4. The van der Waals surface area contributed by atoms with E-state index in [2.05, 4.69) is 0 Å². The topological polar surface area (TPSA) is 26.3 Å². The Balaban J connectivity index is 2.65. The van der Waals surface area contributed by atoms with Crippen LogP contribution in [-0.2, 0) is 6.42 Å². The number of carbonyl (C=O) groups excluding carboxylic acids is 1. The highest BCUT2D eigenvalue weighted by atomic mass is 35.5. The highest BCUT2D eigenvalue weighted by Gasteiger charge is 2.20. The summed E-state index contributed by atoms with van der Waals surface area (Å²) in [5.74, 6) is -0.115. The van der Waals surface area contributed by atoms with Gasteiger partial charge in [0, 0.05) is 11.6 Å². The maximum absolute atomic E-state index is 13.4. The van der Waals surface area contributed by atoms with Crippen LogP contribution < -0.4 is 4.74 Å². The van der Waals surface area contributed by atoms with Crippen LogP contribution in [0.5, 0.6) is 5.75 Å². The average Bonchev–Trinajstić information content (AvgIpc) is 2.20. The standard InChI is InChI=1S/C10H8ClFO2/c11-8-4-9-6(2-1-3-14-9)7(5-13)10(8)12/h4-5H,1-3H2. The van der Waals surface area contributed by atoms with Gasteiger partial charge in [-0.15, -0.1) is 0 Å². The molecule has 1 aromatic carbocycles. The van der Waals surface area contributed by atoms with Crippen molar-refractivity contribution in [3.05, 3.63) is 28.0 Å². The van der Waals surface area contributed by atoms with Crippen LogP contribution in [0.2, 0.25) is 5.02 Å². The van der Waals surface area contributed by atoms with Crippen molar-refractivity contribution in [1.29, 1.82) is 0 Å². The molecule has 0 unspecified atom stereocenters. The Morgan fingerprint density at radius 3 is 3.07 bits per heavy atom. The van der Waals surface area contributed by atoms with Crippen molar-refractivity contribution in [2.45, 2.75) is 12.8 Å². The summed E-state index contributed by atoms with van der Waals surface area (Å²) in [6, 6.07) is 1.43. The molecule has 0 fully saturated rings. The van der Waals surface area contributed by atoms with Crippen molar-refractivity contribution in [1.82, 2.24) is 0 Å². The second-order valence-electron chi connectivity index (χ2n) is 3.13. The number of carbonyl (C=O) groups is 1. The van der Waals surface area contributed by atoms with Crippen LogP contribution in [-0.4, -0.2) is 12.9 Å². The molecule has 0 N–H and O–H groups in total. The maximum Gasteiger partial charge on any atom is 0.153 e. The van der Waals surface area contributed by atoms with Gasteiger partial charge in [0.1, 0.15) is 5.75 Å². The molecule has 0 saturated heterocycles. The van der Waals surface area contributed by atoms with E-state index >= 15 is 0 Å². The minimum absolute atomic E-state index is 0.0344. The summed E-state index contributed by atoms with van der Waals surface area (Å²) in [7, 11) is 0. The smallest absolute Gasteiger partial charge is 0.153 e. The van der Waals surface area contributed by atoms with Gasteiger partial charge in [-0.05, 0) is 12.8 Å². The molecule has 0 amide bonds. The molecular weight excluding hydrogens is 207 g/mol. The Kier molecular flexibility index (Phi) is 2.42. The largest absolute Gasteiger partial charge is 0.493 e. The molecule has 0 aliphatic carbocycles. The molecule has 2 nitrogen and oxygen atoms in total. The van der Waals surface area contributed by atoms with Crippen molar-refractivity contribution in [2.24, 2.45) is 0 Å². The van der Waals surface area contributed by atoms with Crippen LogP contribution in [0.15, 0.2) is 6.07 Å². The molecule has 0 aromatic heterocycles. The van der Waals surface area contributed by atoms with Crippen LogP contribution in [0.25, 0.3) is 0 Å². The number of ether oxygens (including phenoxy) is 1. The third-order valence-corrected chi connectivity index (χ3v) is 2.55. The lowest BCUT2D eigenvalue weighted by molar-refractivity contribution is 0.111. The Morgan fingerprint density at radius 1 is 1.57 bits per heavy atom. The first-order valence-electron chi connectivity index (χ1n) is 4.33. The summed E-state index contributed by atoms with van der Waals surface area (Å²) < 4.78 is 18.7. The van der Waals surface area contributed by atoms with E-state index < -0.39 is 5.82 Å². The quantitative estimate of drug-likeness (QED) is 0.672. The molecule has 1 aliphatic rings. The summed E-state index contributed by atoms with van der Waals surface area (Å²) in [5.41, 5.74) is 0.667. The Bertz CT molecular complexity index is 390. The fraction of sp³-hybridized carbons (Fsp3) is 0.300. The zero-order valence-electron chi connectivity index (χ0n) is 7.35. The van der Waals surface area contributed by atoms with Gasteiger partial charge in [-0.1, -0.05) is 11.6 Å². The second-order valence-corrected chi connectivity index (χ2v) is 3.54. The molecule has 1 aliphatic heterocycles. The van der Waals surface area contributed by atoms with Crippen LogP contribution in [0.3, 0.4) is 0 Å². The van der Waals surface area contributed by atoms with E-state index in [-0.39, 0.29) is 10.6 Å². The molecule has 74 valence electrons. The first kappa shape index (κ1) is 9.46. The lowest BCUT2D eigenvalue weighted by Gasteiger charge is -2.19. The second kappa shape index (κ2) is 3.58. The lowest BCUT2D eigenvalue weighted by Crippen LogP contribution is -2.12. The fourth-order valence-electron chi connectivity index (χ4n) is 1.60. The molecule has 2 rings (SSSR count). The Morgan fingerprint density at radius 2 is 2.36 bits per heavy atom. The summed E-state index contributed by atoms with van der Waals surface area (Å²) >= 11 is 5.62. The minimum Gasteiger partial charge on any atom is -0.493 e. The third-order valence-electron chi connectivity index (χ3n) is 2.27. The molecule has 0 bridgehead atoms. The van der Waals surface area contributed by atoms with Crippen LogP contribution >= 0.6 is 11.6 Å². The van der Waals surface area contributed by atoms with Crippen molar-refractivity contribution < 1.29 is 13.9 Å². The molecule has 0 spiro atoms. The molecule has 1 aromatic rings. The van der Waals surface area contributed by atoms with E-state index in [1.165, 1.54) is 6.07 Å². The van der Waals surface area contributed by atoms with Gasteiger partial charge in [0.15, 0.2) is 12.1 Å². The number of aldehydes is 1. The van der Waals surface area contributed by atoms with E-state index in [1.54, 1.807) is 0 Å². The SMILES string of the molecule is O=Cc1c(F)c(Cl)cc2c1CCCO2. The number of halogens is 2. The van der Waals surface area contributed by atoms with Crippen LogP contribution in [0.4, 0.5) is 4.39 Å². The van der Waals surface area contributed by atoms with Gasteiger partial charge >= 0.3 is 0 Å². The maximum atomic E-state index is 13.4. The van der Waals surface area contributed by atoms with Gasteiger partial charge in [0.05, 0.1) is 17.2 Å². The number of hydrogen-bond donors (Lipinski definition) is 0. The molecule has 0 saturated carbocycles. The lowest BCUT2D eigenvalue weighted by atomic mass is 10.0. The number of hydrogen-bond acceptors (Lipinski definition) is 2.